The van der Waals surface area contributed by atoms with Gasteiger partial charge in [0.15, 0.2) is 5.16 Å². The lowest BCUT2D eigenvalue weighted by molar-refractivity contribution is -0.119. The van der Waals surface area contributed by atoms with Gasteiger partial charge in [-0.1, -0.05) is 11.8 Å². The Hall–Kier alpha value is -2.65. The third-order valence-corrected chi connectivity index (χ3v) is 5.99. The lowest BCUT2D eigenvalue weighted by Crippen LogP contribution is -2.32. The van der Waals surface area contributed by atoms with Gasteiger partial charge in [0, 0.05) is 44.2 Å². The third-order valence-electron chi connectivity index (χ3n) is 5.06. The van der Waals surface area contributed by atoms with Crippen LogP contribution in [0.3, 0.4) is 0 Å². The van der Waals surface area contributed by atoms with E-state index in [2.05, 4.69) is 15.5 Å². The Morgan fingerprint density at radius 3 is 2.83 bits per heavy atom. The van der Waals surface area contributed by atoms with Gasteiger partial charge in [0.05, 0.1) is 11.9 Å². The lowest BCUT2D eigenvalue weighted by atomic mass is 10.2. The van der Waals surface area contributed by atoms with Crippen LogP contribution in [0.1, 0.15) is 24.4 Å². The van der Waals surface area contributed by atoms with Gasteiger partial charge in [0.2, 0.25) is 5.91 Å². The number of hydrogen-bond donors (Lipinski definition) is 1. The largest absolute Gasteiger partial charge is 0.376 e. The molecular weight excluding hydrogens is 405 g/mol. The summed E-state index contributed by atoms with van der Waals surface area (Å²) in [7, 11) is 1.97. The highest BCUT2D eigenvalue weighted by Gasteiger charge is 2.19. The van der Waals surface area contributed by atoms with E-state index in [9.17, 15) is 9.18 Å². The number of carbonyl (C=O) groups is 1. The van der Waals surface area contributed by atoms with Crippen molar-refractivity contribution >= 4 is 17.7 Å². The number of benzene rings is 1. The summed E-state index contributed by atoms with van der Waals surface area (Å²) in [5.41, 5.74) is 1.84. The molecule has 0 unspecified atom stereocenters. The minimum Gasteiger partial charge on any atom is -0.376 e. The van der Waals surface area contributed by atoms with Crippen molar-refractivity contribution in [2.45, 2.75) is 30.5 Å². The molecule has 0 bridgehead atoms. The molecule has 3 aromatic rings. The van der Waals surface area contributed by atoms with Crippen molar-refractivity contribution in [3.63, 3.8) is 0 Å². The van der Waals surface area contributed by atoms with Crippen LogP contribution in [0.15, 0.2) is 47.8 Å². The number of carbonyl (C=O) groups excluding carboxylic acids is 1. The molecule has 0 aliphatic carbocycles. The molecule has 1 amide bonds. The second-order valence-corrected chi connectivity index (χ2v) is 8.17. The van der Waals surface area contributed by atoms with Gasteiger partial charge in [0.25, 0.3) is 0 Å². The molecule has 3 heterocycles. The van der Waals surface area contributed by atoms with Gasteiger partial charge in [0.1, 0.15) is 11.6 Å². The number of amides is 1. The maximum atomic E-state index is 13.4. The van der Waals surface area contributed by atoms with Crippen molar-refractivity contribution in [3.8, 4) is 5.69 Å². The summed E-state index contributed by atoms with van der Waals surface area (Å²) in [6.07, 6.45) is 4.68. The summed E-state index contributed by atoms with van der Waals surface area (Å²) < 4.78 is 22.9. The van der Waals surface area contributed by atoms with Gasteiger partial charge >= 0.3 is 0 Å². The number of aryl methyl sites for hydroxylation is 1. The van der Waals surface area contributed by atoms with Gasteiger partial charge in [-0.3, -0.25) is 9.36 Å². The number of nitrogens with zero attached hydrogens (tertiary/aromatic N) is 4. The summed E-state index contributed by atoms with van der Waals surface area (Å²) in [6.45, 7) is 1.29. The molecule has 7 nitrogen and oxygen atoms in total. The molecule has 158 valence electrons. The average Bonchev–Trinajstić information content (AvgIpc) is 3.48. The summed E-state index contributed by atoms with van der Waals surface area (Å²) in [4.78, 5) is 12.3. The first-order chi connectivity index (χ1) is 14.6. The maximum absolute atomic E-state index is 13.4. The quantitative estimate of drug-likeness (QED) is 0.558. The average molecular weight is 430 g/mol. The maximum Gasteiger partial charge on any atom is 0.230 e. The third kappa shape index (κ3) is 4.91. The number of halogens is 1. The van der Waals surface area contributed by atoms with E-state index in [1.54, 1.807) is 12.1 Å². The molecule has 1 aliphatic rings. The zero-order valence-corrected chi connectivity index (χ0v) is 17.6. The highest BCUT2D eigenvalue weighted by Crippen LogP contribution is 2.24. The first kappa shape index (κ1) is 20.6. The van der Waals surface area contributed by atoms with Crippen LogP contribution in [0.5, 0.6) is 0 Å². The van der Waals surface area contributed by atoms with E-state index in [-0.39, 0.29) is 23.6 Å². The summed E-state index contributed by atoms with van der Waals surface area (Å²) in [6, 6.07) is 10.2. The Morgan fingerprint density at radius 1 is 1.30 bits per heavy atom. The fourth-order valence-electron chi connectivity index (χ4n) is 3.41. The van der Waals surface area contributed by atoms with E-state index in [0.29, 0.717) is 18.1 Å². The summed E-state index contributed by atoms with van der Waals surface area (Å²) in [5, 5.41) is 12.2. The van der Waals surface area contributed by atoms with Crippen molar-refractivity contribution in [1.29, 1.82) is 0 Å². The highest BCUT2D eigenvalue weighted by atomic mass is 32.2. The van der Waals surface area contributed by atoms with E-state index in [0.717, 1.165) is 36.7 Å². The molecular formula is C21H24FN5O2S. The molecule has 1 saturated heterocycles. The lowest BCUT2D eigenvalue weighted by Gasteiger charge is -2.12. The van der Waals surface area contributed by atoms with Crippen LogP contribution in [-0.2, 0) is 23.0 Å². The summed E-state index contributed by atoms with van der Waals surface area (Å²) >= 11 is 1.31. The molecule has 1 aliphatic heterocycles. The van der Waals surface area contributed by atoms with Crippen LogP contribution in [0.4, 0.5) is 4.39 Å². The minimum atomic E-state index is -0.307. The summed E-state index contributed by atoms with van der Waals surface area (Å²) in [5.74, 6) is 0.563. The normalized spacial score (nSPS) is 16.1. The van der Waals surface area contributed by atoms with Gasteiger partial charge in [-0.15, -0.1) is 10.2 Å². The van der Waals surface area contributed by atoms with Crippen molar-refractivity contribution in [2.24, 2.45) is 7.05 Å². The SMILES string of the molecule is Cn1cccc1Cc1nnc(SCC(=O)NC[C@H]2CCCO2)n1-c1ccc(F)cc1. The van der Waals surface area contributed by atoms with E-state index in [1.165, 1.54) is 23.9 Å². The number of aromatic nitrogens is 4. The topological polar surface area (TPSA) is 74.0 Å². The number of hydrogen-bond acceptors (Lipinski definition) is 5. The van der Waals surface area contributed by atoms with Gasteiger partial charge in [-0.2, -0.15) is 0 Å². The Labute approximate surface area is 178 Å². The number of rotatable bonds is 8. The smallest absolute Gasteiger partial charge is 0.230 e. The number of nitrogens with one attached hydrogen (secondary N) is 1. The molecule has 0 saturated carbocycles. The van der Waals surface area contributed by atoms with E-state index < -0.39 is 0 Å². The van der Waals surface area contributed by atoms with Crippen LogP contribution >= 0.6 is 11.8 Å². The molecule has 2 aromatic heterocycles. The van der Waals surface area contributed by atoms with Crippen LogP contribution in [-0.4, -0.2) is 50.2 Å². The van der Waals surface area contributed by atoms with E-state index in [4.69, 9.17) is 4.74 Å². The molecule has 1 N–H and O–H groups in total. The molecule has 0 spiro atoms. The van der Waals surface area contributed by atoms with Gasteiger partial charge in [-0.05, 0) is 49.2 Å². The molecule has 1 atom stereocenters. The zero-order valence-electron chi connectivity index (χ0n) is 16.8. The van der Waals surface area contributed by atoms with E-state index >= 15 is 0 Å². The molecule has 0 radical (unpaired) electrons. The predicted molar refractivity (Wildman–Crippen MR) is 112 cm³/mol. The van der Waals surface area contributed by atoms with Crippen molar-refractivity contribution in [2.75, 3.05) is 18.9 Å². The second kappa shape index (κ2) is 9.44. The van der Waals surface area contributed by atoms with Crippen molar-refractivity contribution < 1.29 is 13.9 Å². The Morgan fingerprint density at radius 2 is 2.13 bits per heavy atom. The fraction of sp³-hybridized carbons (Fsp3) is 0.381. The molecule has 1 aromatic carbocycles. The first-order valence-electron chi connectivity index (χ1n) is 9.91. The monoisotopic (exact) mass is 429 g/mol. The van der Waals surface area contributed by atoms with Gasteiger partial charge < -0.3 is 14.6 Å². The van der Waals surface area contributed by atoms with Crippen LogP contribution in [0, 0.1) is 5.82 Å². The predicted octanol–water partition coefficient (Wildman–Crippen LogP) is 2.72. The Kier molecular flexibility index (Phi) is 6.49. The Balaban J connectivity index is 1.49. The standard InChI is InChI=1S/C21H24FN5O2S/c1-26-10-2-4-17(26)12-19-24-25-21(27(19)16-8-6-15(22)7-9-16)30-14-20(28)23-13-18-5-3-11-29-18/h2,4,6-10,18H,3,5,11-14H2,1H3,(H,23,28)/t18-/m1/s1. The van der Waals surface area contributed by atoms with Crippen LogP contribution in [0.2, 0.25) is 0 Å². The van der Waals surface area contributed by atoms with Crippen LogP contribution < -0.4 is 5.32 Å². The zero-order chi connectivity index (χ0) is 20.9. The second-order valence-electron chi connectivity index (χ2n) is 7.23. The van der Waals surface area contributed by atoms with Gasteiger partial charge in [-0.25, -0.2) is 4.39 Å². The molecule has 4 rings (SSSR count). The number of thioether (sulfide) groups is 1. The Bertz CT molecular complexity index is 995. The molecule has 30 heavy (non-hydrogen) atoms. The van der Waals surface area contributed by atoms with E-state index in [1.807, 2.05) is 34.5 Å². The molecule has 1 fully saturated rings. The van der Waals surface area contributed by atoms with Crippen LogP contribution in [0.25, 0.3) is 5.69 Å². The fourth-order valence-corrected chi connectivity index (χ4v) is 4.21. The first-order valence-corrected chi connectivity index (χ1v) is 10.9. The minimum absolute atomic E-state index is 0.0758. The highest BCUT2D eigenvalue weighted by molar-refractivity contribution is 7.99. The van der Waals surface area contributed by atoms with Crippen molar-refractivity contribution in [3.05, 3.63) is 59.9 Å². The number of ether oxygens (including phenoxy) is 1. The molecule has 9 heteroatoms. The van der Waals surface area contributed by atoms with Crippen molar-refractivity contribution in [1.82, 2.24) is 24.6 Å².